The predicted molar refractivity (Wildman–Crippen MR) is 92.4 cm³/mol. The van der Waals surface area contributed by atoms with Crippen LogP contribution < -0.4 is 15.8 Å². The van der Waals surface area contributed by atoms with Gasteiger partial charge < -0.3 is 15.8 Å². The molecule has 5 heteroatoms. The molecule has 3 N–H and O–H groups in total. The second-order valence-corrected chi connectivity index (χ2v) is 5.73. The van der Waals surface area contributed by atoms with E-state index in [1.807, 2.05) is 25.1 Å². The lowest BCUT2D eigenvalue weighted by Crippen LogP contribution is -2.41. The number of nitrogens with two attached hydrogens (primary N) is 1. The van der Waals surface area contributed by atoms with Crippen LogP contribution in [0.1, 0.15) is 38.3 Å². The third kappa shape index (κ3) is 4.80. The third-order valence-electron chi connectivity index (χ3n) is 3.72. The quantitative estimate of drug-likeness (QED) is 0.808. The number of amides is 1. The van der Waals surface area contributed by atoms with E-state index in [9.17, 15) is 9.18 Å². The third-order valence-corrected chi connectivity index (χ3v) is 3.72. The molecule has 24 heavy (non-hydrogen) atoms. The Morgan fingerprint density at radius 1 is 1.25 bits per heavy atom. The summed E-state index contributed by atoms with van der Waals surface area (Å²) in [5.74, 6) is 0.00637. The fraction of sp³-hybridized carbons (Fsp3) is 0.316. The molecule has 2 aromatic carbocycles. The van der Waals surface area contributed by atoms with Crippen molar-refractivity contribution >= 4 is 5.91 Å². The first kappa shape index (κ1) is 17.9. The summed E-state index contributed by atoms with van der Waals surface area (Å²) in [5.41, 5.74) is 6.45. The number of ether oxygens (including phenoxy) is 1. The first-order valence-electron chi connectivity index (χ1n) is 8.09. The maximum absolute atomic E-state index is 14.3. The second-order valence-electron chi connectivity index (χ2n) is 5.73. The molecule has 128 valence electrons. The summed E-state index contributed by atoms with van der Waals surface area (Å²) in [7, 11) is 0. The molecule has 4 nitrogen and oxygen atoms in total. The summed E-state index contributed by atoms with van der Waals surface area (Å²) in [4.78, 5) is 12.0. The van der Waals surface area contributed by atoms with Gasteiger partial charge in [0.05, 0.1) is 12.1 Å². The lowest BCUT2D eigenvalue weighted by atomic mass is 10.1. The first-order chi connectivity index (χ1) is 11.5. The fourth-order valence-electron chi connectivity index (χ4n) is 2.33. The van der Waals surface area contributed by atoms with Crippen LogP contribution in [-0.4, -0.2) is 11.9 Å². The maximum Gasteiger partial charge on any atom is 0.237 e. The average molecular weight is 330 g/mol. The van der Waals surface area contributed by atoms with Crippen LogP contribution in [0.5, 0.6) is 11.5 Å². The van der Waals surface area contributed by atoms with Crippen molar-refractivity contribution in [1.82, 2.24) is 5.32 Å². The van der Waals surface area contributed by atoms with Crippen LogP contribution in [0.2, 0.25) is 0 Å². The molecule has 0 spiro atoms. The summed E-state index contributed by atoms with van der Waals surface area (Å²) in [6.07, 6.45) is 1.46. The molecule has 0 bridgehead atoms. The molecule has 1 amide bonds. The van der Waals surface area contributed by atoms with Crippen molar-refractivity contribution in [1.29, 1.82) is 0 Å². The smallest absolute Gasteiger partial charge is 0.237 e. The number of benzene rings is 2. The monoisotopic (exact) mass is 330 g/mol. The minimum absolute atomic E-state index is 0.145. The molecule has 0 heterocycles. The highest BCUT2D eigenvalue weighted by atomic mass is 19.1. The lowest BCUT2D eigenvalue weighted by Gasteiger charge is -2.18. The topological polar surface area (TPSA) is 64.4 Å². The highest BCUT2D eigenvalue weighted by molar-refractivity contribution is 5.81. The number of para-hydroxylation sites is 1. The van der Waals surface area contributed by atoms with Crippen molar-refractivity contribution in [2.24, 2.45) is 5.73 Å². The van der Waals surface area contributed by atoms with E-state index in [2.05, 4.69) is 5.32 Å². The van der Waals surface area contributed by atoms with Crippen molar-refractivity contribution < 1.29 is 13.9 Å². The van der Waals surface area contributed by atoms with Gasteiger partial charge in [0, 0.05) is 0 Å². The number of rotatable bonds is 7. The van der Waals surface area contributed by atoms with Crippen molar-refractivity contribution in [2.75, 3.05) is 0 Å². The van der Waals surface area contributed by atoms with E-state index in [4.69, 9.17) is 10.5 Å². The molecule has 0 aliphatic carbocycles. The first-order valence-corrected chi connectivity index (χ1v) is 8.09. The Balaban J connectivity index is 2.04. The molecule has 0 fully saturated rings. The molecule has 2 aromatic rings. The Morgan fingerprint density at radius 3 is 2.58 bits per heavy atom. The van der Waals surface area contributed by atoms with Crippen molar-refractivity contribution in [3.8, 4) is 11.5 Å². The van der Waals surface area contributed by atoms with Crippen LogP contribution in [-0.2, 0) is 4.79 Å². The Bertz CT molecular complexity index is 676. The van der Waals surface area contributed by atoms with Gasteiger partial charge in [-0.05, 0) is 43.2 Å². The Morgan fingerprint density at radius 2 is 1.96 bits per heavy atom. The van der Waals surface area contributed by atoms with Gasteiger partial charge in [0.2, 0.25) is 5.91 Å². The van der Waals surface area contributed by atoms with E-state index in [0.717, 1.165) is 6.42 Å². The molecule has 0 saturated carbocycles. The normalized spacial score (nSPS) is 13.2. The molecule has 0 aromatic heterocycles. The average Bonchev–Trinajstić information content (AvgIpc) is 2.57. The Kier molecular flexibility index (Phi) is 6.32. The molecular formula is C19H23FN2O2. The zero-order chi connectivity index (χ0) is 17.5. The van der Waals surface area contributed by atoms with Gasteiger partial charge >= 0.3 is 0 Å². The van der Waals surface area contributed by atoms with Crippen LogP contribution in [0.4, 0.5) is 4.39 Å². The SMILES string of the molecule is CCCC(N)C(=O)NC(C)c1ccc(Oc2ccccc2)c(F)c1. The zero-order valence-corrected chi connectivity index (χ0v) is 14.0. The molecule has 0 aliphatic rings. The summed E-state index contributed by atoms with van der Waals surface area (Å²) in [5, 5.41) is 2.81. The fourth-order valence-corrected chi connectivity index (χ4v) is 2.33. The highest BCUT2D eigenvalue weighted by Gasteiger charge is 2.17. The van der Waals surface area contributed by atoms with Gasteiger partial charge in [-0.1, -0.05) is 37.6 Å². The van der Waals surface area contributed by atoms with E-state index < -0.39 is 11.9 Å². The number of carbonyl (C=O) groups is 1. The highest BCUT2D eigenvalue weighted by Crippen LogP contribution is 2.26. The number of carbonyl (C=O) groups excluding carboxylic acids is 1. The van der Waals surface area contributed by atoms with Crippen molar-refractivity contribution in [3.05, 3.63) is 59.9 Å². The number of halogens is 1. The van der Waals surface area contributed by atoms with Gasteiger partial charge in [0.15, 0.2) is 11.6 Å². The molecule has 2 atom stereocenters. The van der Waals surface area contributed by atoms with Gasteiger partial charge in [-0.25, -0.2) is 4.39 Å². The molecule has 2 unspecified atom stereocenters. The molecule has 0 saturated heterocycles. The minimum atomic E-state index is -0.539. The van der Waals surface area contributed by atoms with Crippen LogP contribution in [0.3, 0.4) is 0 Å². The van der Waals surface area contributed by atoms with Crippen LogP contribution in [0, 0.1) is 5.82 Å². The van der Waals surface area contributed by atoms with E-state index in [-0.39, 0.29) is 17.7 Å². The summed E-state index contributed by atoms with van der Waals surface area (Å²) in [6.45, 7) is 3.76. The minimum Gasteiger partial charge on any atom is -0.454 e. The maximum atomic E-state index is 14.3. The van der Waals surface area contributed by atoms with E-state index in [0.29, 0.717) is 17.7 Å². The molecular weight excluding hydrogens is 307 g/mol. The number of hydrogen-bond donors (Lipinski definition) is 2. The molecule has 0 aliphatic heterocycles. The largest absolute Gasteiger partial charge is 0.454 e. The van der Waals surface area contributed by atoms with Crippen molar-refractivity contribution in [3.63, 3.8) is 0 Å². The van der Waals surface area contributed by atoms with E-state index in [1.165, 1.54) is 6.07 Å². The second kappa shape index (κ2) is 8.45. The summed E-state index contributed by atoms with van der Waals surface area (Å²) >= 11 is 0. The standard InChI is InChI=1S/C19H23FN2O2/c1-3-7-17(21)19(23)22-13(2)14-10-11-18(16(20)12-14)24-15-8-5-4-6-9-15/h4-6,8-13,17H,3,7,21H2,1-2H3,(H,22,23). The summed E-state index contributed by atoms with van der Waals surface area (Å²) in [6, 6.07) is 12.8. The Hall–Kier alpha value is -2.40. The van der Waals surface area contributed by atoms with Gasteiger partial charge in [-0.2, -0.15) is 0 Å². The van der Waals surface area contributed by atoms with Crippen molar-refractivity contribution in [2.45, 2.75) is 38.8 Å². The van der Waals surface area contributed by atoms with E-state index >= 15 is 0 Å². The van der Waals surface area contributed by atoms with Gasteiger partial charge in [0.1, 0.15) is 5.75 Å². The number of nitrogens with one attached hydrogen (secondary N) is 1. The molecule has 2 rings (SSSR count). The van der Waals surface area contributed by atoms with E-state index in [1.54, 1.807) is 31.2 Å². The van der Waals surface area contributed by atoms with Gasteiger partial charge in [-0.3, -0.25) is 4.79 Å². The number of hydrogen-bond acceptors (Lipinski definition) is 3. The lowest BCUT2D eigenvalue weighted by molar-refractivity contribution is -0.123. The Labute approximate surface area is 141 Å². The zero-order valence-electron chi connectivity index (χ0n) is 14.0. The van der Waals surface area contributed by atoms with Crippen LogP contribution in [0.25, 0.3) is 0 Å². The van der Waals surface area contributed by atoms with Gasteiger partial charge in [0.25, 0.3) is 0 Å². The molecule has 0 radical (unpaired) electrons. The van der Waals surface area contributed by atoms with Gasteiger partial charge in [-0.15, -0.1) is 0 Å². The summed E-state index contributed by atoms with van der Waals surface area (Å²) < 4.78 is 19.8. The van der Waals surface area contributed by atoms with Crippen LogP contribution >= 0.6 is 0 Å². The van der Waals surface area contributed by atoms with Crippen LogP contribution in [0.15, 0.2) is 48.5 Å². The predicted octanol–water partition coefficient (Wildman–Crippen LogP) is 3.92.